The van der Waals surface area contributed by atoms with E-state index in [0.29, 0.717) is 0 Å². The highest BCUT2D eigenvalue weighted by atomic mass is 32.2. The van der Waals surface area contributed by atoms with Gasteiger partial charge in [-0.3, -0.25) is 0 Å². The molecule has 0 unspecified atom stereocenters. The lowest BCUT2D eigenvalue weighted by molar-refractivity contribution is 0.248. The van der Waals surface area contributed by atoms with Crippen LogP contribution in [0.3, 0.4) is 0 Å². The molecule has 0 heterocycles. The molecule has 1 saturated carbocycles. The zero-order chi connectivity index (χ0) is 10.3. The molecule has 0 N–H and O–H groups in total. The molecular weight excluding hydrogens is 190 g/mol. The van der Waals surface area contributed by atoms with Gasteiger partial charge in [0.05, 0.1) is 11.5 Å². The van der Waals surface area contributed by atoms with Crippen molar-refractivity contribution in [1.82, 2.24) is 0 Å². The summed E-state index contributed by atoms with van der Waals surface area (Å²) in [5, 5.41) is 9.24. The van der Waals surface area contributed by atoms with Crippen LogP contribution >= 0.6 is 11.8 Å². The van der Waals surface area contributed by atoms with Crippen molar-refractivity contribution in [3.05, 3.63) is 0 Å². The summed E-state index contributed by atoms with van der Waals surface area (Å²) >= 11 is 2.00. The lowest BCUT2D eigenvalue weighted by atomic mass is 9.72. The largest absolute Gasteiger partial charge is 0.198 e. The highest BCUT2D eigenvalue weighted by Crippen LogP contribution is 2.39. The molecule has 1 rings (SSSR count). The van der Waals surface area contributed by atoms with Crippen LogP contribution < -0.4 is 0 Å². The van der Waals surface area contributed by atoms with E-state index in [4.69, 9.17) is 0 Å². The molecule has 0 aromatic rings. The first-order chi connectivity index (χ1) is 6.83. The molecule has 1 aliphatic carbocycles. The average Bonchev–Trinajstić information content (AvgIpc) is 2.26. The molecule has 0 radical (unpaired) electrons. The van der Waals surface area contributed by atoms with Gasteiger partial charge in [-0.05, 0) is 37.2 Å². The predicted octanol–water partition coefficient (Wildman–Crippen LogP) is 3.99. The summed E-state index contributed by atoms with van der Waals surface area (Å²) < 4.78 is 0. The van der Waals surface area contributed by atoms with E-state index in [0.717, 1.165) is 19.3 Å². The highest BCUT2D eigenvalue weighted by molar-refractivity contribution is 7.99. The van der Waals surface area contributed by atoms with Crippen LogP contribution in [0, 0.1) is 16.7 Å². The number of thioether (sulfide) groups is 1. The summed E-state index contributed by atoms with van der Waals surface area (Å²) in [6, 6.07) is 2.59. The zero-order valence-electron chi connectivity index (χ0n) is 9.22. The Morgan fingerprint density at radius 3 is 2.57 bits per heavy atom. The van der Waals surface area contributed by atoms with Gasteiger partial charge in [0.25, 0.3) is 0 Å². The SMILES string of the molecule is CCSCCCC1(C#N)CCCCC1. The minimum Gasteiger partial charge on any atom is -0.198 e. The Bertz CT molecular complexity index is 189. The first-order valence-corrected chi connectivity index (χ1v) is 6.97. The van der Waals surface area contributed by atoms with Gasteiger partial charge in [0, 0.05) is 0 Å². The standard InChI is InChI=1S/C12H21NS/c1-2-14-10-6-9-12(11-13)7-4-3-5-8-12/h2-10H2,1H3. The Kier molecular flexibility index (Phi) is 5.40. The Hall–Kier alpha value is -0.160. The van der Waals surface area contributed by atoms with Crippen molar-refractivity contribution in [2.45, 2.75) is 51.9 Å². The third-order valence-electron chi connectivity index (χ3n) is 3.20. The van der Waals surface area contributed by atoms with Crippen molar-refractivity contribution >= 4 is 11.8 Å². The molecule has 1 aliphatic rings. The van der Waals surface area contributed by atoms with Gasteiger partial charge in [-0.25, -0.2) is 0 Å². The van der Waals surface area contributed by atoms with Crippen LogP contribution in [-0.4, -0.2) is 11.5 Å². The molecule has 1 fully saturated rings. The van der Waals surface area contributed by atoms with E-state index in [1.54, 1.807) is 0 Å². The van der Waals surface area contributed by atoms with Crippen molar-refractivity contribution in [2.24, 2.45) is 5.41 Å². The van der Waals surface area contributed by atoms with E-state index in [1.807, 2.05) is 11.8 Å². The molecule has 0 bridgehead atoms. The maximum Gasteiger partial charge on any atom is 0.0689 e. The molecule has 0 saturated heterocycles. The second kappa shape index (κ2) is 6.35. The van der Waals surface area contributed by atoms with Crippen molar-refractivity contribution in [3.8, 4) is 6.07 Å². The Labute approximate surface area is 92.3 Å². The van der Waals surface area contributed by atoms with E-state index in [9.17, 15) is 5.26 Å². The number of hydrogen-bond donors (Lipinski definition) is 0. The van der Waals surface area contributed by atoms with Crippen LogP contribution in [0.25, 0.3) is 0 Å². The zero-order valence-corrected chi connectivity index (χ0v) is 10.0. The normalized spacial score (nSPS) is 20.3. The summed E-state index contributed by atoms with van der Waals surface area (Å²) in [6.45, 7) is 2.20. The van der Waals surface area contributed by atoms with Crippen LogP contribution in [0.2, 0.25) is 0 Å². The number of hydrogen-bond acceptors (Lipinski definition) is 2. The Balaban J connectivity index is 2.26. The molecule has 14 heavy (non-hydrogen) atoms. The van der Waals surface area contributed by atoms with Gasteiger partial charge in [-0.15, -0.1) is 0 Å². The quantitative estimate of drug-likeness (QED) is 0.642. The van der Waals surface area contributed by atoms with E-state index in [1.165, 1.54) is 37.2 Å². The lowest BCUT2D eigenvalue weighted by Crippen LogP contribution is -2.22. The molecule has 0 aliphatic heterocycles. The van der Waals surface area contributed by atoms with Crippen LogP contribution in [0.15, 0.2) is 0 Å². The molecule has 1 nitrogen and oxygen atoms in total. The van der Waals surface area contributed by atoms with Crippen molar-refractivity contribution < 1.29 is 0 Å². The molecule has 0 atom stereocenters. The van der Waals surface area contributed by atoms with Crippen LogP contribution in [0.4, 0.5) is 0 Å². The summed E-state index contributed by atoms with van der Waals surface area (Å²) in [6.07, 6.45) is 8.55. The summed E-state index contributed by atoms with van der Waals surface area (Å²) in [5.41, 5.74) is 0.0621. The Morgan fingerprint density at radius 1 is 1.29 bits per heavy atom. The fourth-order valence-electron chi connectivity index (χ4n) is 2.30. The van der Waals surface area contributed by atoms with Gasteiger partial charge in [0.1, 0.15) is 0 Å². The fraction of sp³-hybridized carbons (Fsp3) is 0.917. The topological polar surface area (TPSA) is 23.8 Å². The summed E-state index contributed by atoms with van der Waals surface area (Å²) in [4.78, 5) is 0. The van der Waals surface area contributed by atoms with E-state index in [2.05, 4.69) is 13.0 Å². The maximum atomic E-state index is 9.24. The maximum absolute atomic E-state index is 9.24. The van der Waals surface area contributed by atoms with Crippen molar-refractivity contribution in [3.63, 3.8) is 0 Å². The Morgan fingerprint density at radius 2 is 2.00 bits per heavy atom. The fourth-order valence-corrected chi connectivity index (χ4v) is 2.94. The molecule has 80 valence electrons. The van der Waals surface area contributed by atoms with Gasteiger partial charge in [-0.2, -0.15) is 17.0 Å². The van der Waals surface area contributed by atoms with Crippen molar-refractivity contribution in [1.29, 1.82) is 5.26 Å². The first kappa shape index (κ1) is 11.9. The number of nitrogens with zero attached hydrogens (tertiary/aromatic N) is 1. The van der Waals surface area contributed by atoms with E-state index >= 15 is 0 Å². The molecule has 0 spiro atoms. The highest BCUT2D eigenvalue weighted by Gasteiger charge is 2.30. The van der Waals surface area contributed by atoms with Gasteiger partial charge in [0.15, 0.2) is 0 Å². The molecule has 0 aromatic heterocycles. The number of rotatable bonds is 5. The monoisotopic (exact) mass is 211 g/mol. The second-order valence-corrected chi connectivity index (χ2v) is 5.65. The number of nitriles is 1. The molecular formula is C12H21NS. The van der Waals surface area contributed by atoms with Gasteiger partial charge in [0.2, 0.25) is 0 Å². The second-order valence-electron chi connectivity index (χ2n) is 4.25. The average molecular weight is 211 g/mol. The van der Waals surface area contributed by atoms with Gasteiger partial charge >= 0.3 is 0 Å². The van der Waals surface area contributed by atoms with Gasteiger partial charge in [-0.1, -0.05) is 26.2 Å². The molecule has 2 heteroatoms. The molecule has 0 aromatic carbocycles. The van der Waals surface area contributed by atoms with E-state index < -0.39 is 0 Å². The smallest absolute Gasteiger partial charge is 0.0689 e. The van der Waals surface area contributed by atoms with Crippen LogP contribution in [0.1, 0.15) is 51.9 Å². The van der Waals surface area contributed by atoms with Crippen molar-refractivity contribution in [2.75, 3.05) is 11.5 Å². The molecule has 0 amide bonds. The van der Waals surface area contributed by atoms with Crippen LogP contribution in [-0.2, 0) is 0 Å². The third-order valence-corrected chi connectivity index (χ3v) is 4.18. The summed E-state index contributed by atoms with van der Waals surface area (Å²) in [7, 11) is 0. The minimum absolute atomic E-state index is 0.0621. The van der Waals surface area contributed by atoms with Gasteiger partial charge < -0.3 is 0 Å². The first-order valence-electron chi connectivity index (χ1n) is 5.82. The van der Waals surface area contributed by atoms with Crippen LogP contribution in [0.5, 0.6) is 0 Å². The minimum atomic E-state index is 0.0621. The predicted molar refractivity (Wildman–Crippen MR) is 63.4 cm³/mol. The third kappa shape index (κ3) is 3.53. The van der Waals surface area contributed by atoms with E-state index in [-0.39, 0.29) is 5.41 Å². The summed E-state index contributed by atoms with van der Waals surface area (Å²) in [5.74, 6) is 2.44. The lowest BCUT2D eigenvalue weighted by Gasteiger charge is -2.30.